The zero-order chi connectivity index (χ0) is 14.9. The standard InChI is InChI=1S/C16H24N2O3/c1-20-11-12-21-10-4-9-18-16(19)14-5-2-7-15-13(14)6-3-8-17-15/h2,5,7,17H,3-4,6,8-12H2,1H3,(H,18,19). The lowest BCUT2D eigenvalue weighted by atomic mass is 9.97. The van der Waals surface area contributed by atoms with Gasteiger partial charge in [0.25, 0.3) is 5.91 Å². The van der Waals surface area contributed by atoms with Crippen LogP contribution in [0.4, 0.5) is 5.69 Å². The number of hydrogen-bond acceptors (Lipinski definition) is 4. The quantitative estimate of drug-likeness (QED) is 0.718. The maximum atomic E-state index is 12.3. The molecule has 0 unspecified atom stereocenters. The van der Waals surface area contributed by atoms with Crippen LogP contribution in [0.5, 0.6) is 0 Å². The zero-order valence-electron chi connectivity index (χ0n) is 12.6. The van der Waals surface area contributed by atoms with Gasteiger partial charge in [0.2, 0.25) is 0 Å². The molecule has 5 nitrogen and oxygen atoms in total. The third kappa shape index (κ3) is 4.72. The van der Waals surface area contributed by atoms with Gasteiger partial charge in [-0.15, -0.1) is 0 Å². The Hall–Kier alpha value is -1.59. The summed E-state index contributed by atoms with van der Waals surface area (Å²) in [6, 6.07) is 5.87. The molecule has 1 aliphatic heterocycles. The first-order chi connectivity index (χ1) is 10.3. The Morgan fingerprint density at radius 3 is 3.10 bits per heavy atom. The van der Waals surface area contributed by atoms with Crippen LogP contribution in [0.15, 0.2) is 18.2 Å². The lowest BCUT2D eigenvalue weighted by molar-refractivity contribution is 0.0688. The Morgan fingerprint density at radius 2 is 2.24 bits per heavy atom. The summed E-state index contributed by atoms with van der Waals surface area (Å²) in [5.41, 5.74) is 3.02. The fraction of sp³-hybridized carbons (Fsp3) is 0.562. The zero-order valence-corrected chi connectivity index (χ0v) is 12.6. The lowest BCUT2D eigenvalue weighted by Crippen LogP contribution is -2.27. The minimum absolute atomic E-state index is 0.00689. The number of ether oxygens (including phenoxy) is 2. The van der Waals surface area contributed by atoms with Gasteiger partial charge in [0.15, 0.2) is 0 Å². The summed E-state index contributed by atoms with van der Waals surface area (Å²) in [5, 5.41) is 6.30. The number of rotatable bonds is 8. The van der Waals surface area contributed by atoms with Gasteiger partial charge in [0, 0.05) is 38.1 Å². The number of fused-ring (bicyclic) bond motifs is 1. The van der Waals surface area contributed by atoms with E-state index in [0.717, 1.165) is 42.6 Å². The lowest BCUT2D eigenvalue weighted by Gasteiger charge is -2.20. The fourth-order valence-corrected chi connectivity index (χ4v) is 2.44. The molecule has 2 rings (SSSR count). The van der Waals surface area contributed by atoms with Crippen molar-refractivity contribution in [2.75, 3.05) is 45.3 Å². The molecule has 5 heteroatoms. The third-order valence-electron chi connectivity index (χ3n) is 3.52. The predicted molar refractivity (Wildman–Crippen MR) is 82.9 cm³/mol. The van der Waals surface area contributed by atoms with Gasteiger partial charge in [-0.05, 0) is 37.0 Å². The van der Waals surface area contributed by atoms with Gasteiger partial charge in [-0.25, -0.2) is 0 Å². The number of hydrogen-bond donors (Lipinski definition) is 2. The highest BCUT2D eigenvalue weighted by atomic mass is 16.5. The van der Waals surface area contributed by atoms with E-state index in [0.29, 0.717) is 26.4 Å². The Bertz CT molecular complexity index is 463. The average Bonchev–Trinajstić information content (AvgIpc) is 2.53. The highest BCUT2D eigenvalue weighted by Gasteiger charge is 2.16. The van der Waals surface area contributed by atoms with Crippen LogP contribution in [-0.4, -0.2) is 45.9 Å². The van der Waals surface area contributed by atoms with Gasteiger partial charge in [0.1, 0.15) is 0 Å². The molecule has 1 aliphatic rings. The van der Waals surface area contributed by atoms with Crippen LogP contribution in [0.25, 0.3) is 0 Å². The van der Waals surface area contributed by atoms with Crippen molar-refractivity contribution in [3.8, 4) is 0 Å². The number of benzene rings is 1. The Kier molecular flexibility index (Phi) is 6.50. The fourth-order valence-electron chi connectivity index (χ4n) is 2.44. The SMILES string of the molecule is COCCOCCCNC(=O)c1cccc2c1CCCN2. The van der Waals surface area contributed by atoms with Crippen molar-refractivity contribution >= 4 is 11.6 Å². The molecule has 1 amide bonds. The molecule has 0 saturated carbocycles. The number of methoxy groups -OCH3 is 1. The van der Waals surface area contributed by atoms with Crippen LogP contribution in [0.2, 0.25) is 0 Å². The van der Waals surface area contributed by atoms with Gasteiger partial charge in [-0.1, -0.05) is 6.07 Å². The first kappa shape index (κ1) is 15.8. The van der Waals surface area contributed by atoms with E-state index in [4.69, 9.17) is 9.47 Å². The van der Waals surface area contributed by atoms with Gasteiger partial charge in [-0.3, -0.25) is 4.79 Å². The highest BCUT2D eigenvalue weighted by Crippen LogP contribution is 2.25. The van der Waals surface area contributed by atoms with Crippen LogP contribution in [0.3, 0.4) is 0 Å². The van der Waals surface area contributed by atoms with E-state index in [-0.39, 0.29) is 5.91 Å². The second-order valence-corrected chi connectivity index (χ2v) is 5.08. The molecular formula is C16H24N2O3. The van der Waals surface area contributed by atoms with Crippen molar-refractivity contribution in [1.29, 1.82) is 0 Å². The summed E-state index contributed by atoms with van der Waals surface area (Å²) in [4.78, 5) is 12.3. The topological polar surface area (TPSA) is 59.6 Å². The molecule has 0 fully saturated rings. The highest BCUT2D eigenvalue weighted by molar-refractivity contribution is 5.97. The van der Waals surface area contributed by atoms with E-state index >= 15 is 0 Å². The van der Waals surface area contributed by atoms with Gasteiger partial charge >= 0.3 is 0 Å². The van der Waals surface area contributed by atoms with E-state index in [1.807, 2.05) is 18.2 Å². The first-order valence-electron chi connectivity index (χ1n) is 7.53. The smallest absolute Gasteiger partial charge is 0.251 e. The second-order valence-electron chi connectivity index (χ2n) is 5.08. The van der Waals surface area contributed by atoms with Crippen molar-refractivity contribution in [3.63, 3.8) is 0 Å². The second kappa shape index (κ2) is 8.64. The summed E-state index contributed by atoms with van der Waals surface area (Å²) in [5.74, 6) is 0.00689. The minimum Gasteiger partial charge on any atom is -0.385 e. The number of nitrogens with one attached hydrogen (secondary N) is 2. The average molecular weight is 292 g/mol. The normalized spacial score (nSPS) is 13.4. The Morgan fingerprint density at radius 1 is 1.33 bits per heavy atom. The van der Waals surface area contributed by atoms with Crippen molar-refractivity contribution in [2.24, 2.45) is 0 Å². The number of carbonyl (C=O) groups is 1. The van der Waals surface area contributed by atoms with Crippen LogP contribution >= 0.6 is 0 Å². The van der Waals surface area contributed by atoms with Crippen LogP contribution in [0.1, 0.15) is 28.8 Å². The Balaban J connectivity index is 1.76. The van der Waals surface area contributed by atoms with Crippen molar-refractivity contribution in [1.82, 2.24) is 5.32 Å². The van der Waals surface area contributed by atoms with Gasteiger partial charge in [0.05, 0.1) is 13.2 Å². The molecular weight excluding hydrogens is 268 g/mol. The van der Waals surface area contributed by atoms with Gasteiger partial charge < -0.3 is 20.1 Å². The molecule has 21 heavy (non-hydrogen) atoms. The molecule has 1 aromatic carbocycles. The molecule has 0 radical (unpaired) electrons. The summed E-state index contributed by atoms with van der Waals surface area (Å²) >= 11 is 0. The molecule has 0 aliphatic carbocycles. The number of anilines is 1. The molecule has 116 valence electrons. The predicted octanol–water partition coefficient (Wildman–Crippen LogP) is 1.83. The minimum atomic E-state index is 0.00689. The van der Waals surface area contributed by atoms with Gasteiger partial charge in [-0.2, -0.15) is 0 Å². The summed E-state index contributed by atoms with van der Waals surface area (Å²) in [6.07, 6.45) is 2.85. The van der Waals surface area contributed by atoms with E-state index < -0.39 is 0 Å². The molecule has 1 aromatic rings. The molecule has 0 spiro atoms. The Labute approximate surface area is 126 Å². The summed E-state index contributed by atoms with van der Waals surface area (Å²) in [7, 11) is 1.65. The largest absolute Gasteiger partial charge is 0.385 e. The van der Waals surface area contributed by atoms with E-state index in [2.05, 4.69) is 10.6 Å². The monoisotopic (exact) mass is 292 g/mol. The molecule has 2 N–H and O–H groups in total. The van der Waals surface area contributed by atoms with Crippen LogP contribution < -0.4 is 10.6 Å². The van der Waals surface area contributed by atoms with Crippen molar-refractivity contribution in [3.05, 3.63) is 29.3 Å². The first-order valence-corrected chi connectivity index (χ1v) is 7.53. The van der Waals surface area contributed by atoms with Crippen molar-refractivity contribution in [2.45, 2.75) is 19.3 Å². The van der Waals surface area contributed by atoms with Crippen LogP contribution in [0, 0.1) is 0 Å². The number of carbonyl (C=O) groups excluding carboxylic acids is 1. The van der Waals surface area contributed by atoms with E-state index in [1.165, 1.54) is 0 Å². The van der Waals surface area contributed by atoms with E-state index in [1.54, 1.807) is 7.11 Å². The third-order valence-corrected chi connectivity index (χ3v) is 3.52. The van der Waals surface area contributed by atoms with Crippen LogP contribution in [-0.2, 0) is 15.9 Å². The molecule has 0 aromatic heterocycles. The molecule has 1 heterocycles. The molecule has 0 atom stereocenters. The number of amides is 1. The van der Waals surface area contributed by atoms with Crippen molar-refractivity contribution < 1.29 is 14.3 Å². The van der Waals surface area contributed by atoms with E-state index in [9.17, 15) is 4.79 Å². The summed E-state index contributed by atoms with van der Waals surface area (Å²) in [6.45, 7) is 3.45. The molecule has 0 bridgehead atoms. The summed E-state index contributed by atoms with van der Waals surface area (Å²) < 4.78 is 10.3. The maximum absolute atomic E-state index is 12.3. The molecule has 0 saturated heterocycles. The maximum Gasteiger partial charge on any atom is 0.251 e.